The van der Waals surface area contributed by atoms with Crippen molar-refractivity contribution in [3.63, 3.8) is 0 Å². The molecule has 0 spiro atoms. The molecular weight excluding hydrogens is 281 g/mol. The highest BCUT2D eigenvalue weighted by Crippen LogP contribution is 2.39. The fourth-order valence-electron chi connectivity index (χ4n) is 2.26. The van der Waals surface area contributed by atoms with Crippen LogP contribution in [0.5, 0.6) is 0 Å². The molecule has 1 aliphatic rings. The van der Waals surface area contributed by atoms with E-state index in [1.54, 1.807) is 0 Å². The topological polar surface area (TPSA) is 12.0 Å². The number of nitrogens with one attached hydrogen (secondary N) is 1. The van der Waals surface area contributed by atoms with E-state index in [0.717, 1.165) is 12.1 Å². The summed E-state index contributed by atoms with van der Waals surface area (Å²) in [5.41, 5.74) is 1.60. The highest BCUT2D eigenvalue weighted by Gasteiger charge is 2.31. The van der Waals surface area contributed by atoms with Crippen molar-refractivity contribution in [1.82, 2.24) is 5.32 Å². The average molecular weight is 300 g/mol. The molecule has 0 aliphatic heterocycles. The van der Waals surface area contributed by atoms with Gasteiger partial charge in [0.25, 0.3) is 0 Å². The minimum Gasteiger partial charge on any atom is -0.310 e. The number of halogens is 2. The Morgan fingerprint density at radius 1 is 1.47 bits per heavy atom. The van der Waals surface area contributed by atoms with Crippen LogP contribution in [0.2, 0.25) is 0 Å². The molecule has 1 unspecified atom stereocenters. The molecule has 0 bridgehead atoms. The Hall–Kier alpha value is -0.410. The van der Waals surface area contributed by atoms with E-state index in [2.05, 4.69) is 35.1 Å². The molecule has 3 heteroatoms. The summed E-state index contributed by atoms with van der Waals surface area (Å²) in [6, 6.07) is 5.49. The Kier molecular flexibility index (Phi) is 3.88. The van der Waals surface area contributed by atoms with Crippen LogP contribution in [0, 0.1) is 11.2 Å². The van der Waals surface area contributed by atoms with Crippen LogP contribution in [-0.2, 0) is 0 Å². The third-order valence-corrected chi connectivity index (χ3v) is 4.45. The van der Waals surface area contributed by atoms with E-state index in [9.17, 15) is 4.39 Å². The van der Waals surface area contributed by atoms with Gasteiger partial charge in [0, 0.05) is 12.6 Å². The molecule has 0 heterocycles. The SMILES string of the molecule is CC(NCC1(C)CCC1)c1ccc(F)c(Br)c1. The van der Waals surface area contributed by atoms with E-state index in [1.165, 1.54) is 25.3 Å². The first kappa shape index (κ1) is 13.0. The zero-order chi connectivity index (χ0) is 12.5. The smallest absolute Gasteiger partial charge is 0.137 e. The van der Waals surface area contributed by atoms with E-state index in [4.69, 9.17) is 0 Å². The predicted molar refractivity (Wildman–Crippen MR) is 72.5 cm³/mol. The van der Waals surface area contributed by atoms with Crippen LogP contribution in [0.4, 0.5) is 4.39 Å². The van der Waals surface area contributed by atoms with Gasteiger partial charge in [-0.3, -0.25) is 0 Å². The lowest BCUT2D eigenvalue weighted by Crippen LogP contribution is -2.38. The van der Waals surface area contributed by atoms with Crippen molar-refractivity contribution >= 4 is 15.9 Å². The van der Waals surface area contributed by atoms with Crippen molar-refractivity contribution in [3.8, 4) is 0 Å². The minimum absolute atomic E-state index is 0.202. The summed E-state index contributed by atoms with van der Waals surface area (Å²) in [6.07, 6.45) is 3.99. The van der Waals surface area contributed by atoms with E-state index >= 15 is 0 Å². The second kappa shape index (κ2) is 5.07. The molecule has 1 nitrogen and oxygen atoms in total. The van der Waals surface area contributed by atoms with Gasteiger partial charge < -0.3 is 5.32 Å². The van der Waals surface area contributed by atoms with Crippen molar-refractivity contribution in [2.75, 3.05) is 6.54 Å². The van der Waals surface area contributed by atoms with Gasteiger partial charge in [0.05, 0.1) is 4.47 Å². The van der Waals surface area contributed by atoms with Gasteiger partial charge in [-0.05, 0) is 58.8 Å². The van der Waals surface area contributed by atoms with Crippen LogP contribution in [0.3, 0.4) is 0 Å². The van der Waals surface area contributed by atoms with Gasteiger partial charge >= 0.3 is 0 Å². The molecule has 0 aromatic heterocycles. The van der Waals surface area contributed by atoms with Gasteiger partial charge in [-0.2, -0.15) is 0 Å². The lowest BCUT2D eigenvalue weighted by Gasteiger charge is -2.39. The molecular formula is C14H19BrFN. The Morgan fingerprint density at radius 3 is 2.71 bits per heavy atom. The van der Waals surface area contributed by atoms with Crippen LogP contribution < -0.4 is 5.32 Å². The van der Waals surface area contributed by atoms with Crippen molar-refractivity contribution in [2.24, 2.45) is 5.41 Å². The zero-order valence-corrected chi connectivity index (χ0v) is 12.0. The first-order chi connectivity index (χ1) is 8.00. The predicted octanol–water partition coefficient (Wildman–Crippen LogP) is 4.43. The molecule has 94 valence electrons. The Morgan fingerprint density at radius 2 is 2.18 bits per heavy atom. The Bertz CT molecular complexity index is 401. The molecule has 1 saturated carbocycles. The highest BCUT2D eigenvalue weighted by molar-refractivity contribution is 9.10. The summed E-state index contributed by atoms with van der Waals surface area (Å²) in [7, 11) is 0. The lowest BCUT2D eigenvalue weighted by atomic mass is 9.70. The molecule has 1 aliphatic carbocycles. The molecule has 1 fully saturated rings. The molecule has 1 aromatic rings. The molecule has 2 rings (SSSR count). The molecule has 1 aromatic carbocycles. The maximum atomic E-state index is 13.1. The second-order valence-electron chi connectivity index (χ2n) is 5.44. The van der Waals surface area contributed by atoms with Crippen molar-refractivity contribution in [2.45, 2.75) is 39.2 Å². The number of hydrogen-bond donors (Lipinski definition) is 1. The standard InChI is InChI=1S/C14H19BrFN/c1-10(17-9-14(2)6-3-7-14)11-4-5-13(16)12(15)8-11/h4-5,8,10,17H,3,6-7,9H2,1-2H3. The van der Waals surface area contributed by atoms with Crippen molar-refractivity contribution in [1.29, 1.82) is 0 Å². The summed E-state index contributed by atoms with van der Waals surface area (Å²) in [4.78, 5) is 0. The maximum absolute atomic E-state index is 13.1. The summed E-state index contributed by atoms with van der Waals surface area (Å²) >= 11 is 3.23. The quantitative estimate of drug-likeness (QED) is 0.867. The van der Waals surface area contributed by atoms with Crippen LogP contribution >= 0.6 is 15.9 Å². The van der Waals surface area contributed by atoms with E-state index < -0.39 is 0 Å². The molecule has 0 saturated heterocycles. The normalized spacial score (nSPS) is 19.8. The van der Waals surface area contributed by atoms with Gasteiger partial charge in [-0.1, -0.05) is 19.4 Å². The van der Waals surface area contributed by atoms with Gasteiger partial charge in [-0.25, -0.2) is 4.39 Å². The Balaban J connectivity index is 1.94. The Labute approximate surface area is 111 Å². The van der Waals surface area contributed by atoms with Crippen LogP contribution in [-0.4, -0.2) is 6.54 Å². The molecule has 0 radical (unpaired) electrons. The number of rotatable bonds is 4. The first-order valence-electron chi connectivity index (χ1n) is 6.18. The summed E-state index contributed by atoms with van der Waals surface area (Å²) in [6.45, 7) is 5.50. The largest absolute Gasteiger partial charge is 0.310 e. The summed E-state index contributed by atoms with van der Waals surface area (Å²) in [5, 5.41) is 3.54. The third kappa shape index (κ3) is 3.08. The molecule has 0 amide bonds. The third-order valence-electron chi connectivity index (χ3n) is 3.84. The number of benzene rings is 1. The summed E-state index contributed by atoms with van der Waals surface area (Å²) < 4.78 is 13.7. The van der Waals surface area contributed by atoms with Gasteiger partial charge in [0.2, 0.25) is 0 Å². The van der Waals surface area contributed by atoms with Crippen LogP contribution in [0.25, 0.3) is 0 Å². The maximum Gasteiger partial charge on any atom is 0.137 e. The fourth-order valence-corrected chi connectivity index (χ4v) is 2.65. The molecule has 1 atom stereocenters. The van der Waals surface area contributed by atoms with Gasteiger partial charge in [0.1, 0.15) is 5.82 Å². The number of hydrogen-bond acceptors (Lipinski definition) is 1. The molecule has 17 heavy (non-hydrogen) atoms. The molecule has 1 N–H and O–H groups in total. The van der Waals surface area contributed by atoms with E-state index in [1.807, 2.05) is 12.1 Å². The zero-order valence-electron chi connectivity index (χ0n) is 10.4. The fraction of sp³-hybridized carbons (Fsp3) is 0.571. The van der Waals surface area contributed by atoms with E-state index in [-0.39, 0.29) is 11.9 Å². The minimum atomic E-state index is -0.202. The van der Waals surface area contributed by atoms with Gasteiger partial charge in [0.15, 0.2) is 0 Å². The van der Waals surface area contributed by atoms with Crippen molar-refractivity contribution in [3.05, 3.63) is 34.1 Å². The average Bonchev–Trinajstić information content (AvgIpc) is 2.27. The highest BCUT2D eigenvalue weighted by atomic mass is 79.9. The van der Waals surface area contributed by atoms with Crippen molar-refractivity contribution < 1.29 is 4.39 Å². The monoisotopic (exact) mass is 299 g/mol. The van der Waals surface area contributed by atoms with E-state index in [0.29, 0.717) is 9.89 Å². The lowest BCUT2D eigenvalue weighted by molar-refractivity contribution is 0.152. The summed E-state index contributed by atoms with van der Waals surface area (Å²) in [5.74, 6) is -0.202. The van der Waals surface area contributed by atoms with Gasteiger partial charge in [-0.15, -0.1) is 0 Å². The van der Waals surface area contributed by atoms with Crippen LogP contribution in [0.15, 0.2) is 22.7 Å². The van der Waals surface area contributed by atoms with Crippen LogP contribution in [0.1, 0.15) is 44.7 Å². The second-order valence-corrected chi connectivity index (χ2v) is 6.29. The first-order valence-corrected chi connectivity index (χ1v) is 6.98.